The molecule has 2 amide bonds. The van der Waals surface area contributed by atoms with Crippen LogP contribution in [-0.2, 0) is 6.54 Å². The van der Waals surface area contributed by atoms with Gasteiger partial charge in [-0.25, -0.2) is 0 Å². The van der Waals surface area contributed by atoms with Crippen LogP contribution in [0.25, 0.3) is 0 Å². The molecule has 1 aliphatic rings. The number of rotatable bonds is 6. The maximum Gasteiger partial charge on any atom is 0.261 e. The van der Waals surface area contributed by atoms with E-state index in [4.69, 9.17) is 11.6 Å². The molecule has 5 nitrogen and oxygen atoms in total. The smallest absolute Gasteiger partial charge is 0.261 e. The molecular weight excluding hydrogens is 394 g/mol. The van der Waals surface area contributed by atoms with Crippen molar-refractivity contribution in [3.05, 3.63) is 56.7 Å². The maximum absolute atomic E-state index is 12.8. The quantitative estimate of drug-likeness (QED) is 0.745. The van der Waals surface area contributed by atoms with Gasteiger partial charge >= 0.3 is 0 Å². The number of carbonyl (C=O) groups excluding carboxylic acids is 2. The lowest BCUT2D eigenvalue weighted by Gasteiger charge is -2.34. The van der Waals surface area contributed by atoms with Crippen LogP contribution in [0.2, 0.25) is 4.34 Å². The van der Waals surface area contributed by atoms with Crippen molar-refractivity contribution in [2.24, 2.45) is 0 Å². The highest BCUT2D eigenvalue weighted by molar-refractivity contribution is 7.17. The lowest BCUT2D eigenvalue weighted by Crippen LogP contribution is -2.46. The Balaban J connectivity index is 1.58. The van der Waals surface area contributed by atoms with Gasteiger partial charge in [-0.15, -0.1) is 11.3 Å². The van der Waals surface area contributed by atoms with Crippen molar-refractivity contribution in [3.8, 4) is 0 Å². The Hall–Kier alpha value is -1.89. The molecule has 0 unspecified atom stereocenters. The molecule has 2 aromatic rings. The highest BCUT2D eigenvalue weighted by Gasteiger charge is 2.23. The Morgan fingerprint density at radius 1 is 1.14 bits per heavy atom. The standard InChI is InChI=1S/C21H26ClN3O2S/c1-14(2)25-11-9-16(10-12-25)24-20(26)17-6-4-3-5-15(17)13-23-21(27)18-7-8-19(22)28-18/h3-8,14,16H,9-13H2,1-2H3,(H,23,27)(H,24,26). The van der Waals surface area contributed by atoms with Crippen molar-refractivity contribution < 1.29 is 9.59 Å². The summed E-state index contributed by atoms with van der Waals surface area (Å²) in [4.78, 5) is 28.1. The molecule has 0 aliphatic carbocycles. The summed E-state index contributed by atoms with van der Waals surface area (Å²) in [6.45, 7) is 6.71. The second kappa shape index (κ2) is 9.54. The zero-order valence-electron chi connectivity index (χ0n) is 16.2. The van der Waals surface area contributed by atoms with Gasteiger partial charge < -0.3 is 15.5 Å². The zero-order chi connectivity index (χ0) is 20.1. The summed E-state index contributed by atoms with van der Waals surface area (Å²) in [6, 6.07) is 11.5. The number of hydrogen-bond acceptors (Lipinski definition) is 4. The molecule has 1 fully saturated rings. The van der Waals surface area contributed by atoms with Crippen LogP contribution < -0.4 is 10.6 Å². The second-order valence-corrected chi connectivity index (χ2v) is 9.04. The fourth-order valence-electron chi connectivity index (χ4n) is 3.42. The van der Waals surface area contributed by atoms with Crippen LogP contribution in [0, 0.1) is 0 Å². The number of amides is 2. The Labute approximate surface area is 175 Å². The first-order valence-electron chi connectivity index (χ1n) is 9.60. The molecule has 0 atom stereocenters. The van der Waals surface area contributed by atoms with E-state index < -0.39 is 0 Å². The lowest BCUT2D eigenvalue weighted by molar-refractivity contribution is 0.0895. The van der Waals surface area contributed by atoms with E-state index >= 15 is 0 Å². The number of likely N-dealkylation sites (tertiary alicyclic amines) is 1. The van der Waals surface area contributed by atoms with E-state index in [-0.39, 0.29) is 17.9 Å². The van der Waals surface area contributed by atoms with Gasteiger partial charge in [-0.3, -0.25) is 9.59 Å². The predicted octanol–water partition coefficient (Wildman–Crippen LogP) is 3.93. The second-order valence-electron chi connectivity index (χ2n) is 7.32. The number of thiophene rings is 1. The van der Waals surface area contributed by atoms with Crippen molar-refractivity contribution in [2.45, 2.75) is 45.3 Å². The largest absolute Gasteiger partial charge is 0.349 e. The zero-order valence-corrected chi connectivity index (χ0v) is 17.8. The molecule has 0 saturated carbocycles. The van der Waals surface area contributed by atoms with E-state index in [1.54, 1.807) is 12.1 Å². The Morgan fingerprint density at radius 2 is 1.86 bits per heavy atom. The highest BCUT2D eigenvalue weighted by atomic mass is 35.5. The molecule has 1 saturated heterocycles. The molecule has 2 heterocycles. The van der Waals surface area contributed by atoms with E-state index in [1.807, 2.05) is 24.3 Å². The van der Waals surface area contributed by atoms with Crippen LogP contribution in [0.15, 0.2) is 36.4 Å². The van der Waals surface area contributed by atoms with Crippen LogP contribution in [0.3, 0.4) is 0 Å². The van der Waals surface area contributed by atoms with Gasteiger partial charge in [-0.1, -0.05) is 29.8 Å². The van der Waals surface area contributed by atoms with Gasteiger partial charge in [0, 0.05) is 37.3 Å². The number of carbonyl (C=O) groups is 2. The first-order valence-corrected chi connectivity index (χ1v) is 10.8. The van der Waals surface area contributed by atoms with Gasteiger partial charge in [0.15, 0.2) is 0 Å². The number of nitrogens with zero attached hydrogens (tertiary/aromatic N) is 1. The minimum atomic E-state index is -0.187. The van der Waals surface area contributed by atoms with Gasteiger partial charge in [-0.05, 0) is 50.5 Å². The summed E-state index contributed by atoms with van der Waals surface area (Å²) in [7, 11) is 0. The summed E-state index contributed by atoms with van der Waals surface area (Å²) < 4.78 is 0.577. The predicted molar refractivity (Wildman–Crippen MR) is 114 cm³/mol. The van der Waals surface area contributed by atoms with Crippen LogP contribution in [0.5, 0.6) is 0 Å². The van der Waals surface area contributed by atoms with E-state index in [2.05, 4.69) is 29.4 Å². The minimum absolute atomic E-state index is 0.0768. The van der Waals surface area contributed by atoms with Gasteiger partial charge in [0.05, 0.1) is 9.21 Å². The number of piperidine rings is 1. The third-order valence-electron chi connectivity index (χ3n) is 5.09. The minimum Gasteiger partial charge on any atom is -0.349 e. The first-order chi connectivity index (χ1) is 13.4. The van der Waals surface area contributed by atoms with Crippen molar-refractivity contribution >= 4 is 34.8 Å². The summed E-state index contributed by atoms with van der Waals surface area (Å²) >= 11 is 7.13. The molecule has 1 aliphatic heterocycles. The molecule has 28 heavy (non-hydrogen) atoms. The fourth-order valence-corrected chi connectivity index (χ4v) is 4.38. The van der Waals surface area contributed by atoms with Gasteiger partial charge in [-0.2, -0.15) is 0 Å². The molecule has 1 aromatic heterocycles. The Bertz CT molecular complexity index is 829. The van der Waals surface area contributed by atoms with Crippen molar-refractivity contribution in [3.63, 3.8) is 0 Å². The van der Waals surface area contributed by atoms with Gasteiger partial charge in [0.2, 0.25) is 0 Å². The molecule has 1 aromatic carbocycles. The Kier molecular flexibility index (Phi) is 7.10. The first kappa shape index (κ1) is 20.8. The number of benzene rings is 1. The van der Waals surface area contributed by atoms with E-state index in [1.165, 1.54) is 11.3 Å². The van der Waals surface area contributed by atoms with Crippen LogP contribution in [-0.4, -0.2) is 41.9 Å². The summed E-state index contributed by atoms with van der Waals surface area (Å²) in [5.74, 6) is -0.264. The molecular formula is C21H26ClN3O2S. The third-order valence-corrected chi connectivity index (χ3v) is 6.32. The highest BCUT2D eigenvalue weighted by Crippen LogP contribution is 2.21. The lowest BCUT2D eigenvalue weighted by atomic mass is 10.0. The Morgan fingerprint density at radius 3 is 2.50 bits per heavy atom. The van der Waals surface area contributed by atoms with Crippen molar-refractivity contribution in [1.82, 2.24) is 15.5 Å². The van der Waals surface area contributed by atoms with E-state index in [9.17, 15) is 9.59 Å². The van der Waals surface area contributed by atoms with E-state index in [0.717, 1.165) is 31.5 Å². The molecule has 0 bridgehead atoms. The number of nitrogens with one attached hydrogen (secondary N) is 2. The fraction of sp³-hybridized carbons (Fsp3) is 0.429. The summed E-state index contributed by atoms with van der Waals surface area (Å²) in [5, 5.41) is 6.04. The molecule has 3 rings (SSSR count). The molecule has 0 spiro atoms. The van der Waals surface area contributed by atoms with Crippen molar-refractivity contribution in [1.29, 1.82) is 0 Å². The maximum atomic E-state index is 12.8. The van der Waals surface area contributed by atoms with Gasteiger partial charge in [0.1, 0.15) is 0 Å². The number of halogens is 1. The van der Waals surface area contributed by atoms with Crippen LogP contribution in [0.1, 0.15) is 52.3 Å². The molecule has 0 radical (unpaired) electrons. The number of hydrogen-bond donors (Lipinski definition) is 2. The van der Waals surface area contributed by atoms with Crippen LogP contribution in [0.4, 0.5) is 0 Å². The normalized spacial score (nSPS) is 15.6. The molecule has 150 valence electrons. The average Bonchev–Trinajstić information content (AvgIpc) is 3.13. The molecule has 2 N–H and O–H groups in total. The summed E-state index contributed by atoms with van der Waals surface area (Å²) in [5.41, 5.74) is 1.41. The molecule has 7 heteroatoms. The van der Waals surface area contributed by atoms with E-state index in [0.29, 0.717) is 27.4 Å². The summed E-state index contributed by atoms with van der Waals surface area (Å²) in [6.07, 6.45) is 1.92. The van der Waals surface area contributed by atoms with Crippen LogP contribution >= 0.6 is 22.9 Å². The monoisotopic (exact) mass is 419 g/mol. The van der Waals surface area contributed by atoms with Gasteiger partial charge in [0.25, 0.3) is 11.8 Å². The topological polar surface area (TPSA) is 61.4 Å². The third kappa shape index (κ3) is 5.34. The SMILES string of the molecule is CC(C)N1CCC(NC(=O)c2ccccc2CNC(=O)c2ccc(Cl)s2)CC1. The average molecular weight is 420 g/mol. The van der Waals surface area contributed by atoms with Crippen molar-refractivity contribution in [2.75, 3.05) is 13.1 Å².